The summed E-state index contributed by atoms with van der Waals surface area (Å²) in [5.41, 5.74) is 3.39. The van der Waals surface area contributed by atoms with Crippen LogP contribution in [0.3, 0.4) is 0 Å². The fraction of sp³-hybridized carbons (Fsp3) is 0.412. The Morgan fingerprint density at radius 3 is 2.95 bits per heavy atom. The number of benzene rings is 1. The Morgan fingerprint density at radius 2 is 2.23 bits per heavy atom. The zero-order chi connectivity index (χ0) is 15.5. The van der Waals surface area contributed by atoms with Crippen molar-refractivity contribution in [2.75, 3.05) is 6.54 Å². The summed E-state index contributed by atoms with van der Waals surface area (Å²) in [4.78, 5) is 13.5. The molecule has 22 heavy (non-hydrogen) atoms. The average molecular weight is 316 g/mol. The van der Waals surface area contributed by atoms with Crippen molar-refractivity contribution in [1.29, 1.82) is 0 Å². The molecule has 2 aromatic rings. The highest BCUT2D eigenvalue weighted by Crippen LogP contribution is 2.36. The molecule has 0 saturated heterocycles. The number of aryl methyl sites for hydroxylation is 2. The van der Waals surface area contributed by atoms with E-state index in [9.17, 15) is 4.79 Å². The van der Waals surface area contributed by atoms with Gasteiger partial charge in [0.25, 0.3) is 0 Å². The van der Waals surface area contributed by atoms with Gasteiger partial charge in [0.2, 0.25) is 5.91 Å². The predicted octanol–water partition coefficient (Wildman–Crippen LogP) is 3.06. The quantitative estimate of drug-likeness (QED) is 0.861. The number of hydrogen-bond donors (Lipinski definition) is 1. The van der Waals surface area contributed by atoms with Gasteiger partial charge in [0, 0.05) is 17.0 Å². The minimum atomic E-state index is 0.0106. The maximum absolute atomic E-state index is 12.2. The predicted molar refractivity (Wildman–Crippen MR) is 87.1 cm³/mol. The van der Waals surface area contributed by atoms with Gasteiger partial charge in [-0.05, 0) is 44.7 Å². The lowest BCUT2D eigenvalue weighted by atomic mass is 10.1. The number of carbonyl (C=O) groups is 1. The van der Waals surface area contributed by atoms with Gasteiger partial charge in [0.1, 0.15) is 5.76 Å². The van der Waals surface area contributed by atoms with Crippen molar-refractivity contribution < 1.29 is 9.32 Å². The molecule has 116 valence electrons. The summed E-state index contributed by atoms with van der Waals surface area (Å²) < 4.78 is 5.15. The van der Waals surface area contributed by atoms with E-state index in [0.29, 0.717) is 6.54 Å². The molecule has 1 aliphatic heterocycles. The molecule has 0 saturated carbocycles. The molecule has 1 atom stereocenters. The normalized spacial score (nSPS) is 16.5. The van der Waals surface area contributed by atoms with Crippen molar-refractivity contribution in [2.24, 2.45) is 0 Å². The standard InChI is InChI=1S/C17H20N2O2S/c1-11-14(12(2)21-19-11)7-5-9-18-17(20)16-10-13-6-3-4-8-15(13)22-16/h3-4,6,8,16H,5,7,9-10H2,1-2H3,(H,18,20). The van der Waals surface area contributed by atoms with E-state index in [2.05, 4.69) is 22.6 Å². The third kappa shape index (κ3) is 3.19. The fourth-order valence-electron chi connectivity index (χ4n) is 2.78. The average Bonchev–Trinajstić information content (AvgIpc) is 3.08. The highest BCUT2D eigenvalue weighted by atomic mass is 32.2. The monoisotopic (exact) mass is 316 g/mol. The Labute approximate surface area is 134 Å². The number of nitrogens with zero attached hydrogens (tertiary/aromatic N) is 1. The van der Waals surface area contributed by atoms with E-state index >= 15 is 0 Å². The Morgan fingerprint density at radius 1 is 1.41 bits per heavy atom. The first-order valence-corrected chi connectivity index (χ1v) is 8.47. The molecule has 1 N–H and O–H groups in total. The topological polar surface area (TPSA) is 55.1 Å². The second kappa shape index (κ2) is 6.57. The summed E-state index contributed by atoms with van der Waals surface area (Å²) in [5, 5.41) is 7.01. The summed E-state index contributed by atoms with van der Waals surface area (Å²) in [7, 11) is 0. The lowest BCUT2D eigenvalue weighted by Crippen LogP contribution is -2.33. The van der Waals surface area contributed by atoms with Crippen LogP contribution < -0.4 is 5.32 Å². The third-order valence-corrected chi connectivity index (χ3v) is 5.34. The molecule has 0 spiro atoms. The molecule has 1 unspecified atom stereocenters. The lowest BCUT2D eigenvalue weighted by molar-refractivity contribution is -0.120. The van der Waals surface area contributed by atoms with Gasteiger partial charge in [-0.1, -0.05) is 23.4 Å². The SMILES string of the molecule is Cc1noc(C)c1CCCNC(=O)C1Cc2ccccc2S1. The van der Waals surface area contributed by atoms with Crippen LogP contribution in [0.4, 0.5) is 0 Å². The third-order valence-electron chi connectivity index (χ3n) is 4.02. The van der Waals surface area contributed by atoms with E-state index < -0.39 is 0 Å². The van der Waals surface area contributed by atoms with Crippen molar-refractivity contribution in [1.82, 2.24) is 10.5 Å². The smallest absolute Gasteiger partial charge is 0.233 e. The van der Waals surface area contributed by atoms with Crippen molar-refractivity contribution >= 4 is 17.7 Å². The van der Waals surface area contributed by atoms with Gasteiger partial charge in [0.15, 0.2) is 0 Å². The van der Waals surface area contributed by atoms with Gasteiger partial charge in [-0.3, -0.25) is 4.79 Å². The van der Waals surface area contributed by atoms with Gasteiger partial charge in [-0.15, -0.1) is 11.8 Å². The van der Waals surface area contributed by atoms with Crippen LogP contribution in [0, 0.1) is 13.8 Å². The number of fused-ring (bicyclic) bond motifs is 1. The van der Waals surface area contributed by atoms with E-state index in [-0.39, 0.29) is 11.2 Å². The van der Waals surface area contributed by atoms with Crippen molar-refractivity contribution in [3.8, 4) is 0 Å². The molecule has 0 radical (unpaired) electrons. The first-order valence-electron chi connectivity index (χ1n) is 7.59. The molecule has 4 nitrogen and oxygen atoms in total. The Balaban J connectivity index is 1.44. The zero-order valence-electron chi connectivity index (χ0n) is 12.9. The minimum absolute atomic E-state index is 0.0106. The Kier molecular flexibility index (Phi) is 4.52. The highest BCUT2D eigenvalue weighted by Gasteiger charge is 2.27. The van der Waals surface area contributed by atoms with Crippen LogP contribution in [0.25, 0.3) is 0 Å². The number of rotatable bonds is 5. The fourth-order valence-corrected chi connectivity index (χ4v) is 4.00. The largest absolute Gasteiger partial charge is 0.361 e. The first-order chi connectivity index (χ1) is 10.6. The number of aromatic nitrogens is 1. The van der Waals surface area contributed by atoms with E-state index in [1.807, 2.05) is 26.0 Å². The van der Waals surface area contributed by atoms with Gasteiger partial charge in [0.05, 0.1) is 10.9 Å². The minimum Gasteiger partial charge on any atom is -0.361 e. The van der Waals surface area contributed by atoms with Gasteiger partial charge >= 0.3 is 0 Å². The highest BCUT2D eigenvalue weighted by molar-refractivity contribution is 8.01. The Bertz CT molecular complexity index is 637. The molecule has 0 bridgehead atoms. The number of hydrogen-bond acceptors (Lipinski definition) is 4. The van der Waals surface area contributed by atoms with E-state index in [0.717, 1.165) is 36.3 Å². The number of carbonyl (C=O) groups excluding carboxylic acids is 1. The van der Waals surface area contributed by atoms with Gasteiger partial charge in [-0.25, -0.2) is 0 Å². The summed E-state index contributed by atoms with van der Waals surface area (Å²) in [6.07, 6.45) is 2.62. The zero-order valence-corrected chi connectivity index (χ0v) is 13.7. The maximum Gasteiger partial charge on any atom is 0.233 e. The summed E-state index contributed by atoms with van der Waals surface area (Å²) in [5.74, 6) is 1.02. The van der Waals surface area contributed by atoms with E-state index in [1.165, 1.54) is 10.5 Å². The van der Waals surface area contributed by atoms with E-state index in [1.54, 1.807) is 11.8 Å². The van der Waals surface area contributed by atoms with E-state index in [4.69, 9.17) is 4.52 Å². The maximum atomic E-state index is 12.2. The van der Waals surface area contributed by atoms with Crippen LogP contribution in [0.2, 0.25) is 0 Å². The molecule has 1 aromatic carbocycles. The molecule has 0 aliphatic carbocycles. The Hall–Kier alpha value is -1.75. The number of amides is 1. The molecule has 2 heterocycles. The first kappa shape index (κ1) is 15.2. The molecule has 1 aromatic heterocycles. The van der Waals surface area contributed by atoms with Crippen LogP contribution >= 0.6 is 11.8 Å². The molecular weight excluding hydrogens is 296 g/mol. The van der Waals surface area contributed by atoms with Gasteiger partial charge < -0.3 is 9.84 Å². The molecular formula is C17H20N2O2S. The van der Waals surface area contributed by atoms with Gasteiger partial charge in [-0.2, -0.15) is 0 Å². The van der Waals surface area contributed by atoms with Crippen molar-refractivity contribution in [2.45, 2.75) is 43.3 Å². The summed E-state index contributed by atoms with van der Waals surface area (Å²) >= 11 is 1.67. The van der Waals surface area contributed by atoms with Crippen molar-refractivity contribution in [3.63, 3.8) is 0 Å². The molecule has 1 amide bonds. The molecule has 0 fully saturated rings. The summed E-state index contributed by atoms with van der Waals surface area (Å²) in [6, 6.07) is 8.25. The van der Waals surface area contributed by atoms with Crippen LogP contribution in [0.15, 0.2) is 33.7 Å². The number of nitrogens with one attached hydrogen (secondary N) is 1. The second-order valence-corrected chi connectivity index (χ2v) is 6.86. The number of thioether (sulfide) groups is 1. The lowest BCUT2D eigenvalue weighted by Gasteiger charge is -2.09. The van der Waals surface area contributed by atoms with Crippen LogP contribution in [0.5, 0.6) is 0 Å². The molecule has 3 rings (SSSR count). The molecule has 5 heteroatoms. The summed E-state index contributed by atoms with van der Waals surface area (Å²) in [6.45, 7) is 4.58. The van der Waals surface area contributed by atoms with Crippen LogP contribution in [-0.4, -0.2) is 22.9 Å². The molecule has 1 aliphatic rings. The second-order valence-electron chi connectivity index (χ2n) is 5.62. The van der Waals surface area contributed by atoms with Crippen LogP contribution in [0.1, 0.15) is 29.0 Å². The van der Waals surface area contributed by atoms with Crippen molar-refractivity contribution in [3.05, 3.63) is 46.8 Å². The van der Waals surface area contributed by atoms with Crippen LogP contribution in [-0.2, 0) is 17.6 Å².